The van der Waals surface area contributed by atoms with E-state index in [2.05, 4.69) is 60.0 Å². The molecule has 26 heavy (non-hydrogen) atoms. The Kier molecular flexibility index (Phi) is 4.41. The maximum absolute atomic E-state index is 12.6. The van der Waals surface area contributed by atoms with Crippen LogP contribution in [-0.4, -0.2) is 11.6 Å². The number of ether oxygens (including phenoxy) is 1. The fourth-order valence-corrected chi connectivity index (χ4v) is 5.45. The van der Waals surface area contributed by atoms with Crippen LogP contribution >= 0.6 is 10.5 Å². The number of hydrogen-bond donors (Lipinski definition) is 0. The van der Waals surface area contributed by atoms with Crippen LogP contribution in [-0.2, 0) is 4.74 Å². The van der Waals surface area contributed by atoms with Crippen molar-refractivity contribution >= 4 is 26.5 Å². The second-order valence-electron chi connectivity index (χ2n) is 7.31. The van der Waals surface area contributed by atoms with Gasteiger partial charge in [0.15, 0.2) is 9.60 Å². The van der Waals surface area contributed by atoms with E-state index in [1.807, 2.05) is 26.0 Å². The number of hydrogen-bond acceptors (Lipinski definition) is 2. The first-order chi connectivity index (χ1) is 12.5. The number of rotatable bonds is 4. The molecule has 132 valence electrons. The summed E-state index contributed by atoms with van der Waals surface area (Å²) in [6.07, 6.45) is 6.45. The van der Waals surface area contributed by atoms with Crippen LogP contribution in [0.1, 0.15) is 37.0 Å². The van der Waals surface area contributed by atoms with E-state index in [9.17, 15) is 4.79 Å². The number of benzene rings is 2. The van der Waals surface area contributed by atoms with Crippen molar-refractivity contribution in [1.29, 1.82) is 0 Å². The molecule has 1 heterocycles. The highest BCUT2D eigenvalue weighted by molar-refractivity contribution is 7.43. The fraction of sp³-hybridized carbons (Fsp3) is 0.261. The van der Waals surface area contributed by atoms with Crippen molar-refractivity contribution in [3.8, 4) is 4.90 Å². The summed E-state index contributed by atoms with van der Waals surface area (Å²) in [4.78, 5) is 13.8. The molecule has 3 aromatic rings. The molecule has 0 saturated heterocycles. The minimum Gasteiger partial charge on any atom is -0.455 e. The number of thiophene rings is 1. The van der Waals surface area contributed by atoms with Crippen molar-refractivity contribution in [2.24, 2.45) is 5.92 Å². The lowest BCUT2D eigenvalue weighted by Crippen LogP contribution is -2.35. The quantitative estimate of drug-likeness (QED) is 0.301. The summed E-state index contributed by atoms with van der Waals surface area (Å²) in [5, 5.41) is 3.53. The normalized spacial score (nSPS) is 17.6. The molecule has 0 fully saturated rings. The standard InChI is InChI=1S/C23H23O2S/c1-23(2,19-8-4-5-9-19)25-22(24)18-11-13-20(14-12-18)26-16-15-17-7-3-6-10-21(17)26/h3-4,6-8,10-16,19H,5,9H2,1-2H3/q+1. The van der Waals surface area contributed by atoms with Gasteiger partial charge >= 0.3 is 5.97 Å². The third-order valence-corrected chi connectivity index (χ3v) is 7.18. The second kappa shape index (κ2) is 6.73. The average Bonchev–Trinajstić information content (AvgIpc) is 3.32. The van der Waals surface area contributed by atoms with Crippen molar-refractivity contribution in [3.63, 3.8) is 0 Å². The third-order valence-electron chi connectivity index (χ3n) is 5.15. The van der Waals surface area contributed by atoms with Gasteiger partial charge in [0.2, 0.25) is 0 Å². The van der Waals surface area contributed by atoms with Crippen LogP contribution in [0.5, 0.6) is 0 Å². The van der Waals surface area contributed by atoms with Crippen molar-refractivity contribution in [1.82, 2.24) is 0 Å². The van der Waals surface area contributed by atoms with Gasteiger partial charge in [-0.2, -0.15) is 0 Å². The van der Waals surface area contributed by atoms with Gasteiger partial charge in [-0.05, 0) is 63.1 Å². The fourth-order valence-electron chi connectivity index (χ4n) is 3.56. The summed E-state index contributed by atoms with van der Waals surface area (Å²) in [5.74, 6) is 0.0554. The maximum atomic E-state index is 12.6. The van der Waals surface area contributed by atoms with Crippen molar-refractivity contribution in [2.75, 3.05) is 0 Å². The Hall–Kier alpha value is -2.39. The first kappa shape index (κ1) is 17.0. The van der Waals surface area contributed by atoms with E-state index < -0.39 is 5.60 Å². The second-order valence-corrected chi connectivity index (χ2v) is 9.17. The first-order valence-electron chi connectivity index (χ1n) is 9.05. The highest BCUT2D eigenvalue weighted by Gasteiger charge is 2.33. The Balaban J connectivity index is 1.54. The molecule has 0 spiro atoms. The summed E-state index contributed by atoms with van der Waals surface area (Å²) in [6.45, 7) is 4.00. The molecule has 0 aliphatic heterocycles. The maximum Gasteiger partial charge on any atom is 0.338 e. The summed E-state index contributed by atoms with van der Waals surface area (Å²) < 4.78 is 7.17. The van der Waals surface area contributed by atoms with E-state index in [4.69, 9.17) is 4.74 Å². The Bertz CT molecular complexity index is 963. The molecule has 4 rings (SSSR count). The van der Waals surface area contributed by atoms with Gasteiger partial charge in [0.05, 0.1) is 5.56 Å². The van der Waals surface area contributed by atoms with Gasteiger partial charge in [-0.25, -0.2) is 4.79 Å². The lowest BCUT2D eigenvalue weighted by Gasteiger charge is -2.30. The van der Waals surface area contributed by atoms with Crippen LogP contribution in [0.3, 0.4) is 0 Å². The van der Waals surface area contributed by atoms with E-state index >= 15 is 0 Å². The Morgan fingerprint density at radius 3 is 2.58 bits per heavy atom. The Morgan fingerprint density at radius 2 is 1.85 bits per heavy atom. The smallest absolute Gasteiger partial charge is 0.338 e. The highest BCUT2D eigenvalue weighted by atomic mass is 32.2. The van der Waals surface area contributed by atoms with Gasteiger partial charge in [-0.1, -0.05) is 24.3 Å². The number of fused-ring (bicyclic) bond motifs is 1. The van der Waals surface area contributed by atoms with Crippen molar-refractivity contribution < 1.29 is 9.53 Å². The zero-order valence-electron chi connectivity index (χ0n) is 15.1. The Morgan fingerprint density at radius 1 is 1.08 bits per heavy atom. The van der Waals surface area contributed by atoms with Crippen molar-refractivity contribution in [3.05, 3.63) is 77.7 Å². The monoisotopic (exact) mass is 363 g/mol. The molecule has 2 unspecified atom stereocenters. The minimum atomic E-state index is -0.475. The van der Waals surface area contributed by atoms with Crippen LogP contribution in [0.2, 0.25) is 0 Å². The van der Waals surface area contributed by atoms with E-state index in [1.54, 1.807) is 0 Å². The number of esters is 1. The van der Waals surface area contributed by atoms with Crippen LogP contribution in [0.25, 0.3) is 15.0 Å². The molecule has 1 aliphatic rings. The zero-order valence-corrected chi connectivity index (χ0v) is 16.0. The first-order valence-corrected chi connectivity index (χ1v) is 10.3. The van der Waals surface area contributed by atoms with Crippen LogP contribution in [0.15, 0.2) is 72.1 Å². The van der Waals surface area contributed by atoms with Gasteiger partial charge in [0, 0.05) is 27.8 Å². The predicted molar refractivity (Wildman–Crippen MR) is 109 cm³/mol. The number of carbonyl (C=O) groups is 1. The summed E-state index contributed by atoms with van der Waals surface area (Å²) in [6, 6.07) is 18.5. The molecule has 1 aliphatic carbocycles. The summed E-state index contributed by atoms with van der Waals surface area (Å²) in [5.41, 5.74) is 0.140. The molecule has 0 N–H and O–H groups in total. The van der Waals surface area contributed by atoms with Crippen LogP contribution < -0.4 is 0 Å². The molecule has 2 aromatic carbocycles. The van der Waals surface area contributed by atoms with E-state index in [1.165, 1.54) is 15.0 Å². The van der Waals surface area contributed by atoms with Gasteiger partial charge in [-0.15, -0.1) is 0 Å². The molecule has 2 nitrogen and oxygen atoms in total. The lowest BCUT2D eigenvalue weighted by atomic mass is 9.90. The lowest BCUT2D eigenvalue weighted by molar-refractivity contribution is -0.0199. The van der Waals surface area contributed by atoms with E-state index in [0.29, 0.717) is 11.5 Å². The van der Waals surface area contributed by atoms with Gasteiger partial charge in [0.25, 0.3) is 0 Å². The zero-order chi connectivity index (χ0) is 18.1. The molecular weight excluding hydrogens is 340 g/mol. The van der Waals surface area contributed by atoms with Gasteiger partial charge < -0.3 is 4.74 Å². The molecule has 0 amide bonds. The van der Waals surface area contributed by atoms with E-state index in [0.717, 1.165) is 12.8 Å². The van der Waals surface area contributed by atoms with Crippen LogP contribution in [0, 0.1) is 5.92 Å². The topological polar surface area (TPSA) is 26.3 Å². The molecule has 3 heteroatoms. The molecule has 0 saturated carbocycles. The molecule has 1 aromatic heterocycles. The summed E-state index contributed by atoms with van der Waals surface area (Å²) >= 11 is 0. The Labute approximate surface area is 157 Å². The van der Waals surface area contributed by atoms with Crippen LogP contribution in [0.4, 0.5) is 0 Å². The average molecular weight is 364 g/mol. The third kappa shape index (κ3) is 3.19. The van der Waals surface area contributed by atoms with Crippen molar-refractivity contribution in [2.45, 2.75) is 32.3 Å². The summed E-state index contributed by atoms with van der Waals surface area (Å²) in [7, 11) is -0.0499. The van der Waals surface area contributed by atoms with E-state index in [-0.39, 0.29) is 16.4 Å². The molecule has 0 bridgehead atoms. The highest BCUT2D eigenvalue weighted by Crippen LogP contribution is 2.39. The number of allylic oxidation sites excluding steroid dienone is 1. The molecule has 0 radical (unpaired) electrons. The largest absolute Gasteiger partial charge is 0.455 e. The SMILES string of the molecule is CC(C)(OC(=O)c1ccc(-[s+]2ccc3ccccc32)cc1)C1C=CCC1. The van der Waals surface area contributed by atoms with Gasteiger partial charge in [0.1, 0.15) is 11.0 Å². The molecule has 2 atom stereocenters. The molecular formula is C23H23O2S+. The van der Waals surface area contributed by atoms with Gasteiger partial charge in [-0.3, -0.25) is 0 Å². The minimum absolute atomic E-state index is 0.0499. The number of carbonyl (C=O) groups excluding carboxylic acids is 1. The predicted octanol–water partition coefficient (Wildman–Crippen LogP) is 6.48.